The van der Waals surface area contributed by atoms with Crippen LogP contribution in [0.3, 0.4) is 0 Å². The summed E-state index contributed by atoms with van der Waals surface area (Å²) in [5.41, 5.74) is 5.64. The molecule has 2 heterocycles. The molecule has 2 atom stereocenters. The van der Waals surface area contributed by atoms with E-state index in [0.717, 1.165) is 31.7 Å². The molecule has 2 fully saturated rings. The molecule has 0 radical (unpaired) electrons. The third-order valence-corrected chi connectivity index (χ3v) is 5.23. The molecule has 2 saturated heterocycles. The SMILES string of the molecule is CN(CCC(N)=NO)C1CCOC2(CCSC2)C1. The molecule has 5 nitrogen and oxygen atoms in total. The Hall–Kier alpha value is -0.460. The van der Waals surface area contributed by atoms with Crippen LogP contribution in [0.5, 0.6) is 0 Å². The van der Waals surface area contributed by atoms with Gasteiger partial charge in [-0.05, 0) is 32.1 Å². The van der Waals surface area contributed by atoms with Gasteiger partial charge in [0.25, 0.3) is 0 Å². The average molecular weight is 273 g/mol. The number of hydrogen-bond donors (Lipinski definition) is 2. The first-order valence-corrected chi connectivity index (χ1v) is 7.69. The first-order chi connectivity index (χ1) is 8.65. The van der Waals surface area contributed by atoms with E-state index < -0.39 is 0 Å². The molecule has 2 aliphatic rings. The summed E-state index contributed by atoms with van der Waals surface area (Å²) in [5, 5.41) is 11.6. The molecule has 0 aromatic rings. The van der Waals surface area contributed by atoms with Crippen LogP contribution in [-0.2, 0) is 4.74 Å². The fraction of sp³-hybridized carbons (Fsp3) is 0.917. The largest absolute Gasteiger partial charge is 0.409 e. The second-order valence-corrected chi connectivity index (χ2v) is 6.41. The van der Waals surface area contributed by atoms with Crippen LogP contribution < -0.4 is 5.73 Å². The molecule has 104 valence electrons. The summed E-state index contributed by atoms with van der Waals surface area (Å²) in [5.74, 6) is 2.66. The van der Waals surface area contributed by atoms with Crippen LogP contribution in [0.4, 0.5) is 0 Å². The Bertz CT molecular complexity index is 306. The third kappa shape index (κ3) is 3.30. The minimum absolute atomic E-state index is 0.123. The van der Waals surface area contributed by atoms with Crippen molar-refractivity contribution in [1.82, 2.24) is 4.90 Å². The Balaban J connectivity index is 1.84. The summed E-state index contributed by atoms with van der Waals surface area (Å²) in [4.78, 5) is 2.32. The van der Waals surface area contributed by atoms with Gasteiger partial charge in [-0.25, -0.2) is 0 Å². The van der Waals surface area contributed by atoms with Crippen molar-refractivity contribution < 1.29 is 9.94 Å². The van der Waals surface area contributed by atoms with E-state index in [1.165, 1.54) is 12.2 Å². The summed E-state index contributed by atoms with van der Waals surface area (Å²) in [6.07, 6.45) is 4.00. The van der Waals surface area contributed by atoms with Crippen molar-refractivity contribution in [2.24, 2.45) is 10.9 Å². The predicted molar refractivity (Wildman–Crippen MR) is 74.3 cm³/mol. The molecule has 6 heteroatoms. The van der Waals surface area contributed by atoms with Crippen molar-refractivity contribution in [2.45, 2.75) is 37.3 Å². The maximum atomic E-state index is 8.55. The van der Waals surface area contributed by atoms with E-state index in [-0.39, 0.29) is 5.60 Å². The lowest BCUT2D eigenvalue weighted by molar-refractivity contribution is -0.0861. The number of nitrogens with zero attached hydrogens (tertiary/aromatic N) is 2. The number of oxime groups is 1. The maximum Gasteiger partial charge on any atom is 0.140 e. The molecule has 2 unspecified atom stereocenters. The van der Waals surface area contributed by atoms with E-state index >= 15 is 0 Å². The first kappa shape index (κ1) is 14.0. The van der Waals surface area contributed by atoms with Gasteiger partial charge in [0.2, 0.25) is 0 Å². The highest BCUT2D eigenvalue weighted by molar-refractivity contribution is 7.99. The van der Waals surface area contributed by atoms with Crippen molar-refractivity contribution in [3.63, 3.8) is 0 Å². The summed E-state index contributed by atoms with van der Waals surface area (Å²) in [6.45, 7) is 1.70. The fourth-order valence-corrected chi connectivity index (χ4v) is 4.14. The van der Waals surface area contributed by atoms with Crippen molar-refractivity contribution in [2.75, 3.05) is 31.7 Å². The van der Waals surface area contributed by atoms with Crippen LogP contribution in [-0.4, -0.2) is 59.3 Å². The lowest BCUT2D eigenvalue weighted by Gasteiger charge is -2.41. The molecule has 2 aliphatic heterocycles. The first-order valence-electron chi connectivity index (χ1n) is 6.53. The Morgan fingerprint density at radius 2 is 2.50 bits per heavy atom. The number of nitrogens with two attached hydrogens (primary N) is 1. The quantitative estimate of drug-likeness (QED) is 0.347. The van der Waals surface area contributed by atoms with E-state index in [4.69, 9.17) is 15.7 Å². The Morgan fingerprint density at radius 3 is 3.17 bits per heavy atom. The third-order valence-electron chi connectivity index (χ3n) is 4.01. The fourth-order valence-electron chi connectivity index (χ4n) is 2.76. The molecule has 0 amide bonds. The molecule has 18 heavy (non-hydrogen) atoms. The summed E-state index contributed by atoms with van der Waals surface area (Å²) in [6, 6.07) is 0.559. The van der Waals surface area contributed by atoms with Crippen LogP contribution >= 0.6 is 11.8 Å². The highest BCUT2D eigenvalue weighted by Crippen LogP contribution is 2.39. The molecule has 0 aromatic heterocycles. The van der Waals surface area contributed by atoms with Crippen LogP contribution in [0.1, 0.15) is 25.7 Å². The van der Waals surface area contributed by atoms with Gasteiger partial charge in [-0.15, -0.1) is 0 Å². The smallest absolute Gasteiger partial charge is 0.140 e. The van der Waals surface area contributed by atoms with Gasteiger partial charge in [0, 0.05) is 31.4 Å². The zero-order valence-corrected chi connectivity index (χ0v) is 11.8. The lowest BCUT2D eigenvalue weighted by atomic mass is 9.89. The highest BCUT2D eigenvalue weighted by Gasteiger charge is 2.41. The summed E-state index contributed by atoms with van der Waals surface area (Å²) in [7, 11) is 2.12. The van der Waals surface area contributed by atoms with Crippen LogP contribution in [0, 0.1) is 0 Å². The number of hydrogen-bond acceptors (Lipinski definition) is 5. The van der Waals surface area contributed by atoms with E-state index in [0.29, 0.717) is 18.3 Å². The molecule has 0 aromatic carbocycles. The Labute approximate surface area is 113 Å². The average Bonchev–Trinajstić information content (AvgIpc) is 2.83. The van der Waals surface area contributed by atoms with Crippen LogP contribution in [0.15, 0.2) is 5.16 Å². The van der Waals surface area contributed by atoms with Crippen molar-refractivity contribution in [1.29, 1.82) is 0 Å². The van der Waals surface area contributed by atoms with E-state index in [9.17, 15) is 0 Å². The normalized spacial score (nSPS) is 33.4. The van der Waals surface area contributed by atoms with Crippen molar-refractivity contribution >= 4 is 17.6 Å². The predicted octanol–water partition coefficient (Wildman–Crippen LogP) is 1.11. The van der Waals surface area contributed by atoms with Gasteiger partial charge in [-0.2, -0.15) is 11.8 Å². The van der Waals surface area contributed by atoms with E-state index in [1.54, 1.807) is 0 Å². The molecule has 3 N–H and O–H groups in total. The van der Waals surface area contributed by atoms with Gasteiger partial charge in [-0.3, -0.25) is 0 Å². The molecule has 1 spiro atoms. The maximum absolute atomic E-state index is 8.55. The molecule has 2 rings (SSSR count). The topological polar surface area (TPSA) is 71.1 Å². The van der Waals surface area contributed by atoms with Crippen molar-refractivity contribution in [3.8, 4) is 0 Å². The summed E-state index contributed by atoms with van der Waals surface area (Å²) < 4.78 is 6.02. The minimum Gasteiger partial charge on any atom is -0.409 e. The van der Waals surface area contributed by atoms with Gasteiger partial charge in [0.1, 0.15) is 5.84 Å². The summed E-state index contributed by atoms with van der Waals surface area (Å²) >= 11 is 2.00. The van der Waals surface area contributed by atoms with Gasteiger partial charge < -0.3 is 20.6 Å². The second kappa shape index (κ2) is 6.12. The van der Waals surface area contributed by atoms with E-state index in [2.05, 4.69) is 17.1 Å². The molecule has 0 aliphatic carbocycles. The molecular weight excluding hydrogens is 250 g/mol. The Kier molecular flexibility index (Phi) is 4.75. The Morgan fingerprint density at radius 1 is 1.67 bits per heavy atom. The number of amidine groups is 1. The molecule has 0 bridgehead atoms. The second-order valence-electron chi connectivity index (χ2n) is 5.30. The monoisotopic (exact) mass is 273 g/mol. The number of ether oxygens (including phenoxy) is 1. The zero-order valence-electron chi connectivity index (χ0n) is 11.0. The molecular formula is C12H23N3O2S. The van der Waals surface area contributed by atoms with Gasteiger partial charge in [-0.1, -0.05) is 5.16 Å². The van der Waals surface area contributed by atoms with Crippen LogP contribution in [0.25, 0.3) is 0 Å². The zero-order chi connectivity index (χ0) is 13.0. The van der Waals surface area contributed by atoms with Crippen molar-refractivity contribution in [3.05, 3.63) is 0 Å². The highest BCUT2D eigenvalue weighted by atomic mass is 32.2. The standard InChI is InChI=1S/C12H23N3O2S/c1-15(5-2-11(13)14-16)10-3-6-17-12(8-10)4-7-18-9-12/h10,16H,2-9H2,1H3,(H2,13,14). The van der Waals surface area contributed by atoms with Crippen LogP contribution in [0.2, 0.25) is 0 Å². The van der Waals surface area contributed by atoms with Gasteiger partial charge >= 0.3 is 0 Å². The lowest BCUT2D eigenvalue weighted by Crippen LogP contribution is -2.48. The number of thioether (sulfide) groups is 1. The molecule has 0 saturated carbocycles. The minimum atomic E-state index is 0.123. The van der Waals surface area contributed by atoms with Gasteiger partial charge in [0.15, 0.2) is 0 Å². The number of rotatable bonds is 4. The van der Waals surface area contributed by atoms with Gasteiger partial charge in [0.05, 0.1) is 5.60 Å². The van der Waals surface area contributed by atoms with E-state index in [1.807, 2.05) is 11.8 Å².